The summed E-state index contributed by atoms with van der Waals surface area (Å²) in [6, 6.07) is 1.20. The number of methoxy groups -OCH3 is 2. The Morgan fingerprint density at radius 2 is 1.85 bits per heavy atom. The number of carboxylic acid groups (broad SMARTS) is 1. The summed E-state index contributed by atoms with van der Waals surface area (Å²) in [6.07, 6.45) is 2.02. The summed E-state index contributed by atoms with van der Waals surface area (Å²) in [7, 11) is 2.95. The van der Waals surface area contributed by atoms with Crippen LogP contribution < -0.4 is 25.7 Å². The standard InChI is InChI=1S/C23H30N2O8S/c1-6-15(21(27)25-16(22(28)29)7-8-34-5)24-19(26)11-14-12(2)20-17(32-4)9-13(31-3)10-18(20)33-23(14)30/h9-10,15-16H,6-8,11H2,1-5H3,(H,24,26)(H,25,27)(H,28,29)/t15-,16-/m0/s1. The summed E-state index contributed by atoms with van der Waals surface area (Å²) in [6.45, 7) is 3.38. The van der Waals surface area contributed by atoms with Crippen molar-refractivity contribution in [3.8, 4) is 11.5 Å². The molecular formula is C23H30N2O8S. The maximum absolute atomic E-state index is 12.7. The van der Waals surface area contributed by atoms with Gasteiger partial charge in [0.25, 0.3) is 0 Å². The van der Waals surface area contributed by atoms with E-state index < -0.39 is 35.5 Å². The SMILES string of the molecule is CC[C@H](NC(=O)Cc1c(C)c2c(OC)cc(OC)cc2oc1=O)C(=O)N[C@@H](CCSC)C(=O)O. The number of nitrogens with one attached hydrogen (secondary N) is 2. The summed E-state index contributed by atoms with van der Waals surface area (Å²) >= 11 is 1.47. The number of amides is 2. The first-order chi connectivity index (χ1) is 16.2. The normalized spacial score (nSPS) is 12.6. The van der Waals surface area contributed by atoms with Gasteiger partial charge in [0, 0.05) is 12.1 Å². The zero-order chi connectivity index (χ0) is 25.4. The van der Waals surface area contributed by atoms with E-state index in [-0.39, 0.29) is 30.4 Å². The third-order valence-electron chi connectivity index (χ3n) is 5.39. The fourth-order valence-corrected chi connectivity index (χ4v) is 3.96. The monoisotopic (exact) mass is 494 g/mol. The van der Waals surface area contributed by atoms with E-state index in [9.17, 15) is 24.3 Å². The highest BCUT2D eigenvalue weighted by molar-refractivity contribution is 7.98. The number of hydrogen-bond donors (Lipinski definition) is 3. The molecule has 2 amide bonds. The van der Waals surface area contributed by atoms with Crippen molar-refractivity contribution in [1.82, 2.24) is 10.6 Å². The number of thioether (sulfide) groups is 1. The van der Waals surface area contributed by atoms with E-state index in [2.05, 4.69) is 10.6 Å². The Hall–Kier alpha value is -3.21. The Labute approximate surface area is 201 Å². The number of rotatable bonds is 12. The van der Waals surface area contributed by atoms with Crippen molar-refractivity contribution in [1.29, 1.82) is 0 Å². The van der Waals surface area contributed by atoms with E-state index >= 15 is 0 Å². The van der Waals surface area contributed by atoms with Gasteiger partial charge in [0.15, 0.2) is 0 Å². The predicted octanol–water partition coefficient (Wildman–Crippen LogP) is 1.88. The molecule has 1 aromatic carbocycles. The predicted molar refractivity (Wildman–Crippen MR) is 129 cm³/mol. The molecule has 1 heterocycles. The average molecular weight is 495 g/mol. The summed E-state index contributed by atoms with van der Waals surface area (Å²) < 4.78 is 16.0. The van der Waals surface area contributed by atoms with Crippen molar-refractivity contribution >= 4 is 40.5 Å². The van der Waals surface area contributed by atoms with Crippen LogP contribution in [0.1, 0.15) is 30.9 Å². The van der Waals surface area contributed by atoms with Crippen LogP contribution >= 0.6 is 11.8 Å². The topological polar surface area (TPSA) is 144 Å². The number of benzene rings is 1. The van der Waals surface area contributed by atoms with Crippen molar-refractivity contribution in [2.45, 2.75) is 45.2 Å². The molecule has 2 aromatic rings. The summed E-state index contributed by atoms with van der Waals surface area (Å²) in [5, 5.41) is 14.9. The van der Waals surface area contributed by atoms with Crippen LogP contribution in [0, 0.1) is 6.92 Å². The highest BCUT2D eigenvalue weighted by Crippen LogP contribution is 2.33. The van der Waals surface area contributed by atoms with Gasteiger partial charge in [-0.2, -0.15) is 11.8 Å². The van der Waals surface area contributed by atoms with E-state index in [1.165, 1.54) is 26.0 Å². The number of carbonyl (C=O) groups is 3. The first-order valence-electron chi connectivity index (χ1n) is 10.7. The Morgan fingerprint density at radius 1 is 1.15 bits per heavy atom. The summed E-state index contributed by atoms with van der Waals surface area (Å²) in [5.74, 6) is -0.870. The molecule has 3 N–H and O–H groups in total. The Bertz CT molecular complexity index is 1110. The second-order valence-electron chi connectivity index (χ2n) is 7.58. The number of aryl methyl sites for hydroxylation is 1. The largest absolute Gasteiger partial charge is 0.496 e. The molecule has 0 aliphatic carbocycles. The molecule has 2 rings (SSSR count). The minimum Gasteiger partial charge on any atom is -0.496 e. The summed E-state index contributed by atoms with van der Waals surface area (Å²) in [5.41, 5.74) is 0.225. The van der Waals surface area contributed by atoms with Crippen LogP contribution in [0.25, 0.3) is 11.0 Å². The molecule has 0 saturated heterocycles. The first kappa shape index (κ1) is 27.0. The van der Waals surface area contributed by atoms with Gasteiger partial charge in [-0.05, 0) is 37.3 Å². The van der Waals surface area contributed by atoms with Crippen LogP contribution in [0.5, 0.6) is 11.5 Å². The quantitative estimate of drug-likeness (QED) is 0.377. The van der Waals surface area contributed by atoms with Crippen LogP contribution in [0.15, 0.2) is 21.3 Å². The van der Waals surface area contributed by atoms with E-state index in [1.54, 1.807) is 26.0 Å². The molecule has 0 saturated carbocycles. The van der Waals surface area contributed by atoms with Crippen LogP contribution in [0.2, 0.25) is 0 Å². The molecule has 34 heavy (non-hydrogen) atoms. The molecular weight excluding hydrogens is 464 g/mol. The molecule has 0 spiro atoms. The van der Waals surface area contributed by atoms with Crippen LogP contribution in [-0.4, -0.2) is 61.2 Å². The Kier molecular flexibility index (Phi) is 9.79. The molecule has 0 aliphatic rings. The molecule has 10 nitrogen and oxygen atoms in total. The number of fused-ring (bicyclic) bond motifs is 1. The van der Waals surface area contributed by atoms with Crippen molar-refractivity contribution in [3.63, 3.8) is 0 Å². The zero-order valence-corrected chi connectivity index (χ0v) is 20.7. The van der Waals surface area contributed by atoms with Crippen LogP contribution in [0.3, 0.4) is 0 Å². The van der Waals surface area contributed by atoms with E-state index in [1.807, 2.05) is 6.26 Å². The van der Waals surface area contributed by atoms with E-state index in [4.69, 9.17) is 13.9 Å². The van der Waals surface area contributed by atoms with Gasteiger partial charge in [-0.3, -0.25) is 9.59 Å². The Morgan fingerprint density at radius 3 is 2.41 bits per heavy atom. The fraction of sp³-hybridized carbons (Fsp3) is 0.478. The number of aliphatic carboxylic acids is 1. The van der Waals surface area contributed by atoms with Gasteiger partial charge >= 0.3 is 11.6 Å². The number of hydrogen-bond acceptors (Lipinski definition) is 8. The third kappa shape index (κ3) is 6.43. The van der Waals surface area contributed by atoms with Crippen LogP contribution in [-0.2, 0) is 20.8 Å². The van der Waals surface area contributed by atoms with Gasteiger partial charge in [-0.15, -0.1) is 0 Å². The number of carboxylic acids is 1. The molecule has 186 valence electrons. The molecule has 0 fully saturated rings. The minimum absolute atomic E-state index is 0.132. The average Bonchev–Trinajstić information content (AvgIpc) is 2.81. The minimum atomic E-state index is -1.14. The second kappa shape index (κ2) is 12.3. The van der Waals surface area contributed by atoms with Gasteiger partial charge in [0.05, 0.1) is 31.6 Å². The van der Waals surface area contributed by atoms with Crippen LogP contribution in [0.4, 0.5) is 0 Å². The number of ether oxygens (including phenoxy) is 2. The molecule has 2 atom stereocenters. The maximum Gasteiger partial charge on any atom is 0.340 e. The van der Waals surface area contributed by atoms with Gasteiger partial charge in [-0.25, -0.2) is 9.59 Å². The zero-order valence-electron chi connectivity index (χ0n) is 19.9. The highest BCUT2D eigenvalue weighted by atomic mass is 32.2. The molecule has 11 heteroatoms. The van der Waals surface area contributed by atoms with Crippen molar-refractivity contribution in [2.24, 2.45) is 0 Å². The van der Waals surface area contributed by atoms with Gasteiger partial charge < -0.3 is 29.6 Å². The second-order valence-corrected chi connectivity index (χ2v) is 8.57. The molecule has 0 unspecified atom stereocenters. The van der Waals surface area contributed by atoms with E-state index in [0.29, 0.717) is 28.2 Å². The van der Waals surface area contributed by atoms with E-state index in [0.717, 1.165) is 0 Å². The lowest BCUT2D eigenvalue weighted by molar-refractivity contribution is -0.142. The summed E-state index contributed by atoms with van der Waals surface area (Å²) in [4.78, 5) is 49.4. The lowest BCUT2D eigenvalue weighted by atomic mass is 10.0. The smallest absolute Gasteiger partial charge is 0.340 e. The molecule has 0 radical (unpaired) electrons. The molecule has 0 aliphatic heterocycles. The highest BCUT2D eigenvalue weighted by Gasteiger charge is 2.26. The fourth-order valence-electron chi connectivity index (χ4n) is 3.49. The molecule has 1 aromatic heterocycles. The van der Waals surface area contributed by atoms with Gasteiger partial charge in [0.2, 0.25) is 11.8 Å². The lowest BCUT2D eigenvalue weighted by Crippen LogP contribution is -2.51. The van der Waals surface area contributed by atoms with Crippen molar-refractivity contribution in [3.05, 3.63) is 33.7 Å². The lowest BCUT2D eigenvalue weighted by Gasteiger charge is -2.20. The van der Waals surface area contributed by atoms with Crippen molar-refractivity contribution < 1.29 is 33.4 Å². The van der Waals surface area contributed by atoms with Gasteiger partial charge in [-0.1, -0.05) is 6.92 Å². The molecule has 0 bridgehead atoms. The number of carbonyl (C=O) groups excluding carboxylic acids is 2. The Balaban J connectivity index is 2.24. The first-order valence-corrected chi connectivity index (χ1v) is 12.1. The third-order valence-corrected chi connectivity index (χ3v) is 6.04. The van der Waals surface area contributed by atoms with Gasteiger partial charge in [0.1, 0.15) is 29.2 Å². The maximum atomic E-state index is 12.7. The van der Waals surface area contributed by atoms with Crippen molar-refractivity contribution in [2.75, 3.05) is 26.2 Å².